The highest BCUT2D eigenvalue weighted by atomic mass is 16.4. The van der Waals surface area contributed by atoms with Crippen LogP contribution in [0.15, 0.2) is 24.3 Å². The Bertz CT molecular complexity index is 2170. The van der Waals surface area contributed by atoms with Crippen LogP contribution in [0.4, 0.5) is 0 Å². The van der Waals surface area contributed by atoms with Crippen LogP contribution in [0.25, 0.3) is 0 Å². The van der Waals surface area contributed by atoms with E-state index in [2.05, 4.69) is 48.3 Å². The van der Waals surface area contributed by atoms with Gasteiger partial charge in [-0.1, -0.05) is 37.8 Å². The van der Waals surface area contributed by atoms with Gasteiger partial charge in [-0.3, -0.25) is 43.2 Å². The zero-order valence-electron chi connectivity index (χ0n) is 43.5. The van der Waals surface area contributed by atoms with E-state index in [1.807, 2.05) is 10.6 Å². The van der Waals surface area contributed by atoms with E-state index in [0.29, 0.717) is 89.4 Å². The van der Waals surface area contributed by atoms with Gasteiger partial charge in [0.2, 0.25) is 53.2 Å². The predicted molar refractivity (Wildman–Crippen MR) is 267 cm³/mol. The highest BCUT2D eigenvalue weighted by molar-refractivity contribution is 5.93. The molecule has 18 N–H and O–H groups in total. The van der Waals surface area contributed by atoms with Gasteiger partial charge in [0, 0.05) is 44.2 Å². The molecule has 2 aliphatic carbocycles. The Balaban J connectivity index is 1.30. The van der Waals surface area contributed by atoms with Crippen molar-refractivity contribution >= 4 is 59.1 Å². The minimum Gasteiger partial charge on any atom is -0.550 e. The molecule has 2 saturated carbocycles. The van der Waals surface area contributed by atoms with Crippen molar-refractivity contribution in [1.29, 1.82) is 0 Å². The van der Waals surface area contributed by atoms with Gasteiger partial charge in [0.15, 0.2) is 0 Å². The van der Waals surface area contributed by atoms with Gasteiger partial charge in [0.25, 0.3) is 0 Å². The molecule has 5 rings (SSSR count). The molecule has 4 aliphatic rings. The zero-order valence-corrected chi connectivity index (χ0v) is 43.5. The number of carbonyl (C=O) groups is 10. The fourth-order valence-electron chi connectivity index (χ4n) is 10.8. The van der Waals surface area contributed by atoms with Crippen LogP contribution >= 0.6 is 0 Å². The van der Waals surface area contributed by atoms with E-state index in [-0.39, 0.29) is 49.5 Å². The van der Waals surface area contributed by atoms with Crippen molar-refractivity contribution in [2.24, 2.45) is 29.4 Å². The number of nitrogens with one attached hydrogen (secondary N) is 8. The molecule has 1 aromatic rings. The van der Waals surface area contributed by atoms with E-state index < -0.39 is 120 Å². The molecule has 416 valence electrons. The predicted octanol–water partition coefficient (Wildman–Crippen LogP) is -6.17. The number of unbranched alkanes of at least 4 members (excludes halogenated alkanes) is 1. The Morgan fingerprint density at radius 2 is 1.05 bits per heavy atom. The summed E-state index contributed by atoms with van der Waals surface area (Å²) in [6.07, 6.45) is 6.37. The lowest BCUT2D eigenvalue weighted by molar-refractivity contribution is -0.667. The van der Waals surface area contributed by atoms with Crippen LogP contribution in [0.1, 0.15) is 116 Å². The summed E-state index contributed by atoms with van der Waals surface area (Å²) in [6.45, 7) is 5.22. The Labute approximate surface area is 437 Å². The number of phenolic OH excluding ortho intramolecular Hbond substituents is 1. The van der Waals surface area contributed by atoms with E-state index >= 15 is 0 Å². The number of carboxylic acids is 1. The summed E-state index contributed by atoms with van der Waals surface area (Å²) in [7, 11) is 0. The molecule has 12 atom stereocenters. The number of piperidine rings is 2. The van der Waals surface area contributed by atoms with Crippen LogP contribution in [-0.4, -0.2) is 145 Å². The van der Waals surface area contributed by atoms with Gasteiger partial charge in [-0.2, -0.15) is 0 Å². The van der Waals surface area contributed by atoms with E-state index in [0.717, 1.165) is 19.3 Å². The summed E-state index contributed by atoms with van der Waals surface area (Å²) >= 11 is 0. The number of hydrogen-bond acceptors (Lipinski definition) is 12. The molecule has 0 bridgehead atoms. The van der Waals surface area contributed by atoms with Crippen LogP contribution in [0.3, 0.4) is 0 Å². The number of carboxylic acid groups (broad SMARTS) is 1. The fourth-order valence-corrected chi connectivity index (χ4v) is 10.8. The number of quaternary nitrogens is 3. The first kappa shape index (κ1) is 59.5. The first-order chi connectivity index (χ1) is 35.8. The van der Waals surface area contributed by atoms with Gasteiger partial charge in [0.05, 0.1) is 56.6 Å². The van der Waals surface area contributed by atoms with Crippen LogP contribution < -0.4 is 69.7 Å². The molecule has 0 spiro atoms. The fraction of sp³-hybridized carbons (Fsp3) is 0.686. The third kappa shape index (κ3) is 18.4. The second-order valence-corrected chi connectivity index (χ2v) is 20.8. The van der Waals surface area contributed by atoms with Gasteiger partial charge in [-0.25, -0.2) is 0 Å². The van der Waals surface area contributed by atoms with Crippen molar-refractivity contribution in [2.45, 2.75) is 165 Å². The normalized spacial score (nSPS) is 25.3. The van der Waals surface area contributed by atoms with Crippen LogP contribution in [0.2, 0.25) is 0 Å². The molecule has 1 aromatic carbocycles. The Hall–Kier alpha value is -6.40. The Morgan fingerprint density at radius 1 is 0.613 bits per heavy atom. The number of amides is 9. The first-order valence-corrected chi connectivity index (χ1v) is 26.9. The van der Waals surface area contributed by atoms with E-state index in [1.54, 1.807) is 12.1 Å². The molecule has 0 radical (unpaired) electrons. The lowest BCUT2D eigenvalue weighted by Crippen LogP contribution is -2.90. The number of nitrogens with two attached hydrogens (primary N) is 3. The van der Waals surface area contributed by atoms with Crippen molar-refractivity contribution in [3.8, 4) is 5.75 Å². The van der Waals surface area contributed by atoms with E-state index in [9.17, 15) is 58.2 Å². The lowest BCUT2D eigenvalue weighted by Gasteiger charge is -2.35. The summed E-state index contributed by atoms with van der Waals surface area (Å²) in [5.74, 6) is -9.07. The van der Waals surface area contributed by atoms with Gasteiger partial charge in [-0.05, 0) is 82.4 Å². The van der Waals surface area contributed by atoms with Crippen LogP contribution in [0.5, 0.6) is 5.75 Å². The molecule has 24 heteroatoms. The van der Waals surface area contributed by atoms with Gasteiger partial charge < -0.3 is 79.6 Å². The third-order valence-electron chi connectivity index (χ3n) is 15.1. The standard InChI is InChI=1S/C51H80N12O12/c1-28(44(53)68)56-47(71)34-26-54-23-20-38(34)60-50(74)41(18-19-43(66)67)62-46(70)33-10-4-6-12-37(33)58-51(75)42(25-30-14-16-31(65)17-15-30)63-48(72)35-27-55-24-21-39(35)59-49(73)40(13-7-8-22-52)61-45(69)32-9-3-5-11-36(32)57-29(2)64/h14-17,28,32-42,54-55,65H,3-13,18-27,52H2,1-2H3,(H2,53,68)(H,56,71)(H,57,64)(H,58,75)(H,59,73)(H,60,74)(H,61,69)(H,62,70)(H,63,72)(H,66,67)/p+2/t28-,32?,33?,34?,35?,36?,37?,38?,39?,40-,41-,42-/m0/s1. The van der Waals surface area contributed by atoms with Crippen LogP contribution in [0, 0.1) is 23.7 Å². The van der Waals surface area contributed by atoms with Crippen LogP contribution in [-0.2, 0) is 54.4 Å². The molecule has 8 unspecified atom stereocenters. The zero-order chi connectivity index (χ0) is 54.6. The molecular weight excluding hydrogens is 973 g/mol. The average Bonchev–Trinajstić information content (AvgIpc) is 3.37. The minimum atomic E-state index is -1.45. The molecular formula is C51H82N12O12+2. The summed E-state index contributed by atoms with van der Waals surface area (Å²) < 4.78 is 0. The Morgan fingerprint density at radius 3 is 1.55 bits per heavy atom. The molecule has 24 nitrogen and oxygen atoms in total. The number of aliphatic carboxylic acids is 1. The maximum absolute atomic E-state index is 14.5. The molecule has 0 aromatic heterocycles. The van der Waals surface area contributed by atoms with Gasteiger partial charge in [-0.15, -0.1) is 0 Å². The Kier molecular flexibility index (Phi) is 23.5. The molecule has 9 amide bonds. The summed E-state index contributed by atoms with van der Waals surface area (Å²) in [6, 6.07) is -0.766. The quantitative estimate of drug-likeness (QED) is 0.0407. The first-order valence-electron chi connectivity index (χ1n) is 26.9. The second-order valence-electron chi connectivity index (χ2n) is 20.8. The smallest absolute Gasteiger partial charge is 0.243 e. The number of phenols is 1. The molecule has 2 saturated heterocycles. The highest BCUT2D eigenvalue weighted by Gasteiger charge is 2.42. The van der Waals surface area contributed by atoms with E-state index in [1.165, 1.54) is 26.0 Å². The monoisotopic (exact) mass is 1050 g/mol. The number of benzene rings is 1. The summed E-state index contributed by atoms with van der Waals surface area (Å²) in [5, 5.41) is 48.4. The largest absolute Gasteiger partial charge is 0.550 e. The summed E-state index contributed by atoms with van der Waals surface area (Å²) in [5.41, 5.74) is 9.85. The number of hydrogen-bond donors (Lipinski definition) is 13. The molecule has 4 fully saturated rings. The van der Waals surface area contributed by atoms with Gasteiger partial charge in [0.1, 0.15) is 41.8 Å². The lowest BCUT2D eigenvalue weighted by atomic mass is 9.83. The SMILES string of the molecule is CC(=O)NC1CCCCC1C(=O)N[C@@H](CCCC[NH3+])C(=O)NC1CC[NH2+]CC1C(=O)N[C@@H](Cc1ccc(O)cc1)C(=O)NC1CCCCC1C(=O)N[C@@H](CCC(=O)[O-])C(=O)NC1CC[NH2+]CC1C(=O)N[C@@H](C)C(N)=O. The highest BCUT2D eigenvalue weighted by Crippen LogP contribution is 2.27. The van der Waals surface area contributed by atoms with Crippen molar-refractivity contribution < 1.29 is 74.5 Å². The maximum atomic E-state index is 14.5. The molecule has 75 heavy (non-hydrogen) atoms. The number of primary amides is 1. The molecule has 2 heterocycles. The summed E-state index contributed by atoms with van der Waals surface area (Å²) in [4.78, 5) is 133. The van der Waals surface area contributed by atoms with Crippen molar-refractivity contribution in [1.82, 2.24) is 42.5 Å². The second kappa shape index (κ2) is 29.6. The average molecular weight is 1060 g/mol. The van der Waals surface area contributed by atoms with Crippen molar-refractivity contribution in [2.75, 3.05) is 32.7 Å². The molecule has 2 aliphatic heterocycles. The van der Waals surface area contributed by atoms with E-state index in [4.69, 9.17) is 5.73 Å². The topological polar surface area (TPSA) is 397 Å². The number of aromatic hydroxyl groups is 1. The number of rotatable bonds is 25. The minimum absolute atomic E-state index is 0.00712. The van der Waals surface area contributed by atoms with Crippen molar-refractivity contribution in [3.63, 3.8) is 0 Å². The number of carbonyl (C=O) groups excluding carboxylic acids is 10. The van der Waals surface area contributed by atoms with Crippen molar-refractivity contribution in [3.05, 3.63) is 29.8 Å². The third-order valence-corrected chi connectivity index (χ3v) is 15.1. The maximum Gasteiger partial charge on any atom is 0.243 e. The van der Waals surface area contributed by atoms with Gasteiger partial charge >= 0.3 is 0 Å².